The third-order valence-electron chi connectivity index (χ3n) is 3.49. The van der Waals surface area contributed by atoms with E-state index in [1.165, 1.54) is 17.4 Å². The van der Waals surface area contributed by atoms with Crippen LogP contribution >= 0.6 is 11.3 Å². The van der Waals surface area contributed by atoms with Crippen LogP contribution in [0.2, 0.25) is 0 Å². The van der Waals surface area contributed by atoms with Crippen LogP contribution in [0.25, 0.3) is 21.9 Å². The molecule has 0 unspecified atom stereocenters. The molecule has 7 heteroatoms. The predicted molar refractivity (Wildman–Crippen MR) is 91.1 cm³/mol. The van der Waals surface area contributed by atoms with Crippen molar-refractivity contribution in [2.75, 3.05) is 7.11 Å². The molecule has 3 aromatic rings. The molecule has 126 valence electrons. The molecule has 0 amide bonds. The molecule has 2 aromatic carbocycles. The Morgan fingerprint density at radius 3 is 2.52 bits per heavy atom. The fraction of sp³-hybridized carbons (Fsp3) is 0.111. The smallest absolute Gasteiger partial charge is 0.416 e. The number of rotatable bonds is 3. The van der Waals surface area contributed by atoms with Crippen LogP contribution in [-0.4, -0.2) is 12.1 Å². The van der Waals surface area contributed by atoms with Gasteiger partial charge in [-0.05, 0) is 42.0 Å². The number of ether oxygens (including phenoxy) is 1. The number of methoxy groups -OCH3 is 1. The molecule has 1 aromatic heterocycles. The van der Waals surface area contributed by atoms with Gasteiger partial charge in [0.25, 0.3) is 0 Å². The lowest BCUT2D eigenvalue weighted by molar-refractivity contribution is -0.137. The minimum absolute atomic E-state index is 0.228. The molecular weight excluding hydrogens is 349 g/mol. The van der Waals surface area contributed by atoms with Crippen LogP contribution in [0.15, 0.2) is 42.5 Å². The molecule has 0 radical (unpaired) electrons. The van der Waals surface area contributed by atoms with Gasteiger partial charge in [0.05, 0.1) is 28.5 Å². The molecule has 0 aliphatic rings. The highest BCUT2D eigenvalue weighted by molar-refractivity contribution is 7.19. The maximum Gasteiger partial charge on any atom is 0.416 e. The Labute approximate surface area is 145 Å². The first kappa shape index (κ1) is 17.0. The first-order valence-corrected chi connectivity index (χ1v) is 7.96. The van der Waals surface area contributed by atoms with Gasteiger partial charge in [-0.1, -0.05) is 12.1 Å². The van der Waals surface area contributed by atoms with E-state index in [0.717, 1.165) is 17.7 Å². The molecule has 1 heterocycles. The number of thiazole rings is 1. The molecule has 25 heavy (non-hydrogen) atoms. The number of halogens is 3. The summed E-state index contributed by atoms with van der Waals surface area (Å²) in [4.78, 5) is 4.19. The minimum Gasteiger partial charge on any atom is -0.497 e. The largest absolute Gasteiger partial charge is 0.497 e. The summed E-state index contributed by atoms with van der Waals surface area (Å²) in [5.74, 6) is 0.690. The van der Waals surface area contributed by atoms with Crippen molar-refractivity contribution in [1.29, 1.82) is 5.26 Å². The van der Waals surface area contributed by atoms with Crippen LogP contribution in [0.4, 0.5) is 13.2 Å². The van der Waals surface area contributed by atoms with E-state index in [4.69, 9.17) is 4.74 Å². The molecule has 0 saturated carbocycles. The van der Waals surface area contributed by atoms with Crippen LogP contribution in [-0.2, 0) is 6.18 Å². The van der Waals surface area contributed by atoms with Crippen LogP contribution in [0.3, 0.4) is 0 Å². The van der Waals surface area contributed by atoms with E-state index < -0.39 is 11.7 Å². The normalized spacial score (nSPS) is 12.2. The van der Waals surface area contributed by atoms with Gasteiger partial charge in [-0.2, -0.15) is 18.4 Å². The number of hydrogen-bond acceptors (Lipinski definition) is 4. The van der Waals surface area contributed by atoms with Crippen molar-refractivity contribution in [1.82, 2.24) is 4.98 Å². The fourth-order valence-electron chi connectivity index (χ4n) is 2.23. The fourth-order valence-corrected chi connectivity index (χ4v) is 3.14. The Morgan fingerprint density at radius 2 is 1.92 bits per heavy atom. The summed E-state index contributed by atoms with van der Waals surface area (Å²) in [5.41, 5.74) is 0.535. The van der Waals surface area contributed by atoms with E-state index >= 15 is 0 Å². The van der Waals surface area contributed by atoms with E-state index in [9.17, 15) is 18.4 Å². The lowest BCUT2D eigenvalue weighted by atomic mass is 10.1. The van der Waals surface area contributed by atoms with Crippen molar-refractivity contribution in [3.05, 3.63) is 58.6 Å². The van der Waals surface area contributed by atoms with E-state index in [1.54, 1.807) is 37.5 Å². The van der Waals surface area contributed by atoms with Crippen LogP contribution in [0, 0.1) is 11.3 Å². The Balaban J connectivity index is 2.00. The average molecular weight is 360 g/mol. The first-order chi connectivity index (χ1) is 11.9. The van der Waals surface area contributed by atoms with Gasteiger partial charge in [0.1, 0.15) is 16.8 Å². The minimum atomic E-state index is -4.42. The quantitative estimate of drug-likeness (QED) is 0.589. The Morgan fingerprint density at radius 1 is 1.20 bits per heavy atom. The van der Waals surface area contributed by atoms with E-state index in [2.05, 4.69) is 11.1 Å². The van der Waals surface area contributed by atoms with Gasteiger partial charge < -0.3 is 4.74 Å². The van der Waals surface area contributed by atoms with Gasteiger partial charge in [0.2, 0.25) is 0 Å². The van der Waals surface area contributed by atoms with E-state index in [1.807, 2.05) is 0 Å². The SMILES string of the molecule is COc1ccc(/C=C(\C#N)c2nc3cc(C(F)(F)F)ccc3s2)cc1. The summed E-state index contributed by atoms with van der Waals surface area (Å²) in [6, 6.07) is 12.5. The van der Waals surface area contributed by atoms with Gasteiger partial charge >= 0.3 is 6.18 Å². The predicted octanol–water partition coefficient (Wildman–Crippen LogP) is 5.39. The molecule has 0 bridgehead atoms. The van der Waals surface area contributed by atoms with Crippen molar-refractivity contribution in [3.63, 3.8) is 0 Å². The first-order valence-electron chi connectivity index (χ1n) is 7.15. The molecule has 0 aliphatic carbocycles. The number of alkyl halides is 3. The number of benzene rings is 2. The van der Waals surface area contributed by atoms with Gasteiger partial charge in [-0.3, -0.25) is 0 Å². The van der Waals surface area contributed by atoms with Crippen molar-refractivity contribution >= 4 is 33.2 Å². The molecule has 0 fully saturated rings. The van der Waals surface area contributed by atoms with Crippen molar-refractivity contribution in [2.45, 2.75) is 6.18 Å². The molecule has 0 aliphatic heterocycles. The van der Waals surface area contributed by atoms with Crippen molar-refractivity contribution < 1.29 is 17.9 Å². The summed E-state index contributed by atoms with van der Waals surface area (Å²) < 4.78 is 44.1. The highest BCUT2D eigenvalue weighted by atomic mass is 32.1. The molecule has 3 rings (SSSR count). The number of hydrogen-bond donors (Lipinski definition) is 0. The van der Waals surface area contributed by atoms with Crippen molar-refractivity contribution in [2.24, 2.45) is 0 Å². The van der Waals surface area contributed by atoms with E-state index in [-0.39, 0.29) is 5.52 Å². The Bertz CT molecular complexity index is 982. The summed E-state index contributed by atoms with van der Waals surface area (Å²) in [7, 11) is 1.56. The van der Waals surface area contributed by atoms with Crippen LogP contribution in [0.1, 0.15) is 16.1 Å². The maximum atomic E-state index is 12.8. The average Bonchev–Trinajstić information content (AvgIpc) is 3.02. The second-order valence-corrected chi connectivity index (χ2v) is 6.17. The summed E-state index contributed by atoms with van der Waals surface area (Å²) in [6.45, 7) is 0. The second kappa shape index (κ2) is 6.57. The highest BCUT2D eigenvalue weighted by Gasteiger charge is 2.30. The number of nitrogens with zero attached hydrogens (tertiary/aromatic N) is 2. The summed E-state index contributed by atoms with van der Waals surface area (Å²) >= 11 is 1.18. The third-order valence-corrected chi connectivity index (χ3v) is 4.56. The van der Waals surface area contributed by atoms with Crippen molar-refractivity contribution in [3.8, 4) is 11.8 Å². The monoisotopic (exact) mass is 360 g/mol. The molecule has 0 saturated heterocycles. The van der Waals surface area contributed by atoms with Gasteiger partial charge in [-0.25, -0.2) is 4.98 Å². The highest BCUT2D eigenvalue weighted by Crippen LogP contribution is 2.34. The summed E-state index contributed by atoms with van der Waals surface area (Å²) in [6.07, 6.45) is -2.78. The van der Waals surface area contributed by atoms with E-state index in [0.29, 0.717) is 21.0 Å². The zero-order chi connectivity index (χ0) is 18.0. The van der Waals surface area contributed by atoms with Gasteiger partial charge in [0, 0.05) is 0 Å². The molecule has 3 nitrogen and oxygen atoms in total. The zero-order valence-electron chi connectivity index (χ0n) is 13.0. The maximum absolute atomic E-state index is 12.8. The van der Waals surface area contributed by atoms with Crippen LogP contribution in [0.5, 0.6) is 5.75 Å². The van der Waals surface area contributed by atoms with Gasteiger partial charge in [-0.15, -0.1) is 11.3 Å². The second-order valence-electron chi connectivity index (χ2n) is 5.14. The number of nitriles is 1. The zero-order valence-corrected chi connectivity index (χ0v) is 13.8. The topological polar surface area (TPSA) is 45.9 Å². The number of allylic oxidation sites excluding steroid dienone is 1. The number of fused-ring (bicyclic) bond motifs is 1. The lowest BCUT2D eigenvalue weighted by Crippen LogP contribution is -2.03. The molecule has 0 N–H and O–H groups in total. The lowest BCUT2D eigenvalue weighted by Gasteiger charge is -2.04. The Kier molecular flexibility index (Phi) is 4.47. The molecular formula is C18H11F3N2OS. The molecule has 0 spiro atoms. The number of aromatic nitrogens is 1. The molecule has 0 atom stereocenters. The standard InChI is InChI=1S/C18H11F3N2OS/c1-24-14-5-2-11(3-6-14)8-12(10-22)17-23-15-9-13(18(19,20)21)4-7-16(15)25-17/h2-9H,1H3/b12-8+. The third kappa shape index (κ3) is 3.64. The van der Waals surface area contributed by atoms with Crippen LogP contribution < -0.4 is 4.74 Å². The Hall–Kier alpha value is -2.85. The summed E-state index contributed by atoms with van der Waals surface area (Å²) in [5, 5.41) is 9.78. The van der Waals surface area contributed by atoms with Gasteiger partial charge in [0.15, 0.2) is 0 Å².